The molecule has 0 aliphatic rings. The van der Waals surface area contributed by atoms with Crippen molar-refractivity contribution in [3.8, 4) is 0 Å². The summed E-state index contributed by atoms with van der Waals surface area (Å²) in [5.41, 5.74) is 5.89. The zero-order chi connectivity index (χ0) is 8.36. The smallest absolute Gasteiger partial charge is 0.0322 e. The van der Waals surface area contributed by atoms with Crippen LogP contribution in [0.4, 0.5) is 0 Å². The van der Waals surface area contributed by atoms with Gasteiger partial charge in [-0.05, 0) is 26.8 Å². The molecule has 2 unspecified atom stereocenters. The van der Waals surface area contributed by atoms with Crippen LogP contribution in [0.25, 0.3) is 0 Å². The van der Waals surface area contributed by atoms with Gasteiger partial charge in [0.1, 0.15) is 0 Å². The second kappa shape index (κ2) is 3.35. The van der Waals surface area contributed by atoms with Crippen molar-refractivity contribution in [3.05, 3.63) is 0 Å². The van der Waals surface area contributed by atoms with E-state index < -0.39 is 0 Å². The van der Waals surface area contributed by atoms with Crippen molar-refractivity contribution in [2.45, 2.75) is 39.3 Å². The minimum absolute atomic E-state index is 0.0694. The Labute approximate surface area is 64.2 Å². The van der Waals surface area contributed by atoms with E-state index in [1.807, 2.05) is 14.0 Å². The third kappa shape index (κ3) is 1.70. The minimum atomic E-state index is 0.0694. The van der Waals surface area contributed by atoms with Crippen molar-refractivity contribution in [3.63, 3.8) is 0 Å². The van der Waals surface area contributed by atoms with Crippen LogP contribution in [-0.2, 0) is 0 Å². The summed E-state index contributed by atoms with van der Waals surface area (Å²) in [6.07, 6.45) is 0. The highest BCUT2D eigenvalue weighted by molar-refractivity contribution is 4.92. The van der Waals surface area contributed by atoms with E-state index in [4.69, 9.17) is 5.73 Å². The normalized spacial score (nSPS) is 20.7. The van der Waals surface area contributed by atoms with Crippen LogP contribution in [0.5, 0.6) is 0 Å². The topological polar surface area (TPSA) is 38.0 Å². The lowest BCUT2D eigenvalue weighted by molar-refractivity contribution is 0.238. The summed E-state index contributed by atoms with van der Waals surface area (Å²) in [5.74, 6) is 0.567. The predicted molar refractivity (Wildman–Crippen MR) is 46.0 cm³/mol. The maximum Gasteiger partial charge on any atom is 0.0322 e. The quantitative estimate of drug-likeness (QED) is 0.619. The van der Waals surface area contributed by atoms with E-state index in [0.717, 1.165) is 0 Å². The van der Waals surface area contributed by atoms with Gasteiger partial charge in [0.25, 0.3) is 0 Å². The van der Waals surface area contributed by atoms with E-state index >= 15 is 0 Å². The predicted octanol–water partition coefficient (Wildman–Crippen LogP) is 0.968. The van der Waals surface area contributed by atoms with Crippen LogP contribution in [0.1, 0.15) is 27.7 Å². The Bertz CT molecular complexity index is 89.4. The average molecular weight is 144 g/mol. The van der Waals surface area contributed by atoms with E-state index in [0.29, 0.717) is 5.92 Å². The molecule has 62 valence electrons. The Morgan fingerprint density at radius 2 is 1.70 bits per heavy atom. The minimum Gasteiger partial charge on any atom is -0.326 e. The first-order valence-electron chi connectivity index (χ1n) is 3.89. The van der Waals surface area contributed by atoms with Crippen LogP contribution in [0, 0.1) is 5.92 Å². The van der Waals surface area contributed by atoms with Crippen molar-refractivity contribution >= 4 is 0 Å². The second-order valence-electron chi connectivity index (χ2n) is 3.48. The number of hydrogen-bond donors (Lipinski definition) is 2. The van der Waals surface area contributed by atoms with E-state index in [-0.39, 0.29) is 11.6 Å². The Morgan fingerprint density at radius 3 is 1.70 bits per heavy atom. The van der Waals surface area contributed by atoms with Crippen molar-refractivity contribution in [1.29, 1.82) is 0 Å². The van der Waals surface area contributed by atoms with Gasteiger partial charge in [0.05, 0.1) is 0 Å². The monoisotopic (exact) mass is 144 g/mol. The molecule has 0 aliphatic heterocycles. The molecule has 0 bridgehead atoms. The van der Waals surface area contributed by atoms with Gasteiger partial charge in [0, 0.05) is 11.6 Å². The van der Waals surface area contributed by atoms with Crippen molar-refractivity contribution in [1.82, 2.24) is 5.32 Å². The molecule has 2 nitrogen and oxygen atoms in total. The Balaban J connectivity index is 4.23. The maximum absolute atomic E-state index is 5.82. The van der Waals surface area contributed by atoms with Gasteiger partial charge in [-0.2, -0.15) is 0 Å². The van der Waals surface area contributed by atoms with Crippen LogP contribution in [0.2, 0.25) is 0 Å². The molecule has 0 aromatic heterocycles. The van der Waals surface area contributed by atoms with Crippen molar-refractivity contribution in [2.24, 2.45) is 11.7 Å². The largest absolute Gasteiger partial charge is 0.326 e. The molecule has 2 atom stereocenters. The SMILES string of the molecule is CNC(C)(C(C)C)C(C)N. The summed E-state index contributed by atoms with van der Waals surface area (Å²) in [6, 6.07) is 0.192. The van der Waals surface area contributed by atoms with Crippen LogP contribution >= 0.6 is 0 Å². The Kier molecular flexibility index (Phi) is 3.33. The lowest BCUT2D eigenvalue weighted by Gasteiger charge is -2.37. The van der Waals surface area contributed by atoms with Gasteiger partial charge in [-0.15, -0.1) is 0 Å². The molecule has 0 fully saturated rings. The molecule has 0 saturated heterocycles. The molecule has 10 heavy (non-hydrogen) atoms. The molecular weight excluding hydrogens is 124 g/mol. The molecule has 0 aliphatic carbocycles. The fourth-order valence-corrected chi connectivity index (χ4v) is 1.04. The first-order valence-corrected chi connectivity index (χ1v) is 3.89. The van der Waals surface area contributed by atoms with Gasteiger partial charge in [0.2, 0.25) is 0 Å². The zero-order valence-corrected chi connectivity index (χ0v) is 7.73. The molecular formula is C8H20N2. The fourth-order valence-electron chi connectivity index (χ4n) is 1.04. The number of nitrogens with one attached hydrogen (secondary N) is 1. The van der Waals surface area contributed by atoms with E-state index in [2.05, 4.69) is 26.1 Å². The van der Waals surface area contributed by atoms with Gasteiger partial charge < -0.3 is 11.1 Å². The van der Waals surface area contributed by atoms with Crippen LogP contribution in [0.15, 0.2) is 0 Å². The summed E-state index contributed by atoms with van der Waals surface area (Å²) in [6.45, 7) is 8.55. The standard InChI is InChI=1S/C8H20N2/c1-6(2)8(4,10-5)7(3)9/h6-7,10H,9H2,1-5H3. The van der Waals surface area contributed by atoms with Crippen LogP contribution < -0.4 is 11.1 Å². The van der Waals surface area contributed by atoms with E-state index in [1.54, 1.807) is 0 Å². The number of hydrogen-bond acceptors (Lipinski definition) is 2. The number of nitrogens with two attached hydrogens (primary N) is 1. The lowest BCUT2D eigenvalue weighted by atomic mass is 9.83. The first-order chi connectivity index (χ1) is 4.45. The summed E-state index contributed by atoms with van der Waals surface area (Å²) in [4.78, 5) is 0. The van der Waals surface area contributed by atoms with Gasteiger partial charge in [-0.3, -0.25) is 0 Å². The van der Waals surface area contributed by atoms with E-state index in [9.17, 15) is 0 Å². The zero-order valence-electron chi connectivity index (χ0n) is 7.73. The molecule has 0 saturated carbocycles. The fraction of sp³-hybridized carbons (Fsp3) is 1.00. The highest BCUT2D eigenvalue weighted by atomic mass is 15.0. The Morgan fingerprint density at radius 1 is 1.30 bits per heavy atom. The Hall–Kier alpha value is -0.0800. The third-order valence-electron chi connectivity index (χ3n) is 2.68. The second-order valence-corrected chi connectivity index (χ2v) is 3.48. The average Bonchev–Trinajstić information content (AvgIpc) is 1.85. The highest BCUT2D eigenvalue weighted by Gasteiger charge is 2.29. The molecule has 0 heterocycles. The van der Waals surface area contributed by atoms with Crippen molar-refractivity contribution < 1.29 is 0 Å². The molecule has 0 spiro atoms. The molecule has 0 rings (SSSR count). The van der Waals surface area contributed by atoms with Crippen LogP contribution in [0.3, 0.4) is 0 Å². The van der Waals surface area contributed by atoms with Gasteiger partial charge in [-0.1, -0.05) is 13.8 Å². The third-order valence-corrected chi connectivity index (χ3v) is 2.68. The summed E-state index contributed by atoms with van der Waals surface area (Å²) >= 11 is 0. The van der Waals surface area contributed by atoms with Gasteiger partial charge in [-0.25, -0.2) is 0 Å². The molecule has 3 N–H and O–H groups in total. The molecule has 0 radical (unpaired) electrons. The van der Waals surface area contributed by atoms with Gasteiger partial charge in [0.15, 0.2) is 0 Å². The first kappa shape index (κ1) is 9.92. The molecule has 2 heteroatoms. The van der Waals surface area contributed by atoms with Crippen molar-refractivity contribution in [2.75, 3.05) is 7.05 Å². The van der Waals surface area contributed by atoms with E-state index in [1.165, 1.54) is 0 Å². The molecule has 0 amide bonds. The summed E-state index contributed by atoms with van der Waals surface area (Å²) < 4.78 is 0. The summed E-state index contributed by atoms with van der Waals surface area (Å²) in [7, 11) is 1.96. The number of likely N-dealkylation sites (N-methyl/N-ethyl adjacent to an activating group) is 1. The van der Waals surface area contributed by atoms with Crippen LogP contribution in [-0.4, -0.2) is 18.6 Å². The highest BCUT2D eigenvalue weighted by Crippen LogP contribution is 2.18. The summed E-state index contributed by atoms with van der Waals surface area (Å²) in [5, 5.41) is 3.25. The number of rotatable bonds is 3. The maximum atomic E-state index is 5.82. The van der Waals surface area contributed by atoms with Gasteiger partial charge >= 0.3 is 0 Å². The molecule has 0 aromatic rings. The molecule has 0 aromatic carbocycles. The lowest BCUT2D eigenvalue weighted by Crippen LogP contribution is -2.56.